The van der Waals surface area contributed by atoms with Crippen molar-refractivity contribution < 1.29 is 12.8 Å². The van der Waals surface area contributed by atoms with E-state index >= 15 is 0 Å². The van der Waals surface area contributed by atoms with E-state index in [9.17, 15) is 13.7 Å². The van der Waals surface area contributed by atoms with Gasteiger partial charge >= 0.3 is 0 Å². The molecule has 1 aromatic carbocycles. The average molecular weight is 403 g/mol. The van der Waals surface area contributed by atoms with Gasteiger partial charge in [-0.25, -0.2) is 8.42 Å². The van der Waals surface area contributed by atoms with E-state index in [0.717, 1.165) is 25.7 Å². The number of unbranched alkanes of at least 4 members (excludes halogenated alkanes) is 1. The van der Waals surface area contributed by atoms with Gasteiger partial charge in [-0.05, 0) is 49.4 Å². The van der Waals surface area contributed by atoms with Gasteiger partial charge in [-0.1, -0.05) is 20.3 Å². The molecule has 0 bridgehead atoms. The quantitative estimate of drug-likeness (QED) is 0.706. The van der Waals surface area contributed by atoms with E-state index in [-0.39, 0.29) is 10.6 Å². The van der Waals surface area contributed by atoms with Crippen molar-refractivity contribution in [3.63, 3.8) is 0 Å². The second-order valence-corrected chi connectivity index (χ2v) is 9.14. The minimum absolute atomic E-state index is 0.199. The number of anilines is 1. The number of sulfonamides is 1. The molecular formula is C20H26N4O3S. The number of oxazole rings is 1. The van der Waals surface area contributed by atoms with Crippen LogP contribution in [0.25, 0.3) is 11.5 Å². The molecule has 0 radical (unpaired) electrons. The third-order valence-corrected chi connectivity index (χ3v) is 6.94. The maximum Gasteiger partial charge on any atom is 0.243 e. The molecule has 0 saturated carbocycles. The van der Waals surface area contributed by atoms with E-state index in [1.54, 1.807) is 28.6 Å². The summed E-state index contributed by atoms with van der Waals surface area (Å²) < 4.78 is 32.9. The second-order valence-electron chi connectivity index (χ2n) is 7.20. The maximum absolute atomic E-state index is 12.8. The predicted octanol–water partition coefficient (Wildman–Crippen LogP) is 3.85. The number of aromatic nitrogens is 1. The minimum Gasteiger partial charge on any atom is -0.419 e. The Kier molecular flexibility index (Phi) is 6.37. The van der Waals surface area contributed by atoms with Crippen LogP contribution in [-0.4, -0.2) is 37.3 Å². The topological polar surface area (TPSA) is 99.2 Å². The SMILES string of the molecule is CCCCNc1oc(-c2ccc(S(=O)(=O)N3CCC(C)CC3)cc2)nc1C#N. The highest BCUT2D eigenvalue weighted by atomic mass is 32.2. The second kappa shape index (κ2) is 8.76. The van der Waals surface area contributed by atoms with Gasteiger partial charge in [-0.3, -0.25) is 0 Å². The number of hydrogen-bond donors (Lipinski definition) is 1. The van der Waals surface area contributed by atoms with Gasteiger partial charge in [0, 0.05) is 25.2 Å². The zero-order valence-corrected chi connectivity index (χ0v) is 17.1. The molecule has 0 aliphatic carbocycles. The van der Waals surface area contributed by atoms with E-state index in [2.05, 4.69) is 24.1 Å². The lowest BCUT2D eigenvalue weighted by molar-refractivity contribution is 0.288. The van der Waals surface area contributed by atoms with E-state index in [1.165, 1.54) is 0 Å². The summed E-state index contributed by atoms with van der Waals surface area (Å²) in [7, 11) is -3.49. The van der Waals surface area contributed by atoms with Crippen molar-refractivity contribution >= 4 is 15.9 Å². The van der Waals surface area contributed by atoms with E-state index < -0.39 is 10.0 Å². The van der Waals surface area contributed by atoms with Crippen molar-refractivity contribution in [2.45, 2.75) is 44.4 Å². The van der Waals surface area contributed by atoms with Gasteiger partial charge in [0.1, 0.15) is 6.07 Å². The molecule has 28 heavy (non-hydrogen) atoms. The van der Waals surface area contributed by atoms with Gasteiger partial charge in [0.15, 0.2) is 0 Å². The van der Waals surface area contributed by atoms with Gasteiger partial charge in [0.2, 0.25) is 27.5 Å². The van der Waals surface area contributed by atoms with Gasteiger partial charge in [0.25, 0.3) is 0 Å². The average Bonchev–Trinajstić information content (AvgIpc) is 3.12. The van der Waals surface area contributed by atoms with E-state index in [1.807, 2.05) is 6.07 Å². The highest BCUT2D eigenvalue weighted by Gasteiger charge is 2.28. The van der Waals surface area contributed by atoms with Crippen LogP contribution >= 0.6 is 0 Å². The normalized spacial score (nSPS) is 16.0. The number of nitriles is 1. The molecule has 1 aliphatic rings. The first kappa shape index (κ1) is 20.4. The van der Waals surface area contributed by atoms with E-state index in [4.69, 9.17) is 4.42 Å². The number of hydrogen-bond acceptors (Lipinski definition) is 6. The molecule has 0 spiro atoms. The summed E-state index contributed by atoms with van der Waals surface area (Å²) in [5.74, 6) is 1.21. The highest BCUT2D eigenvalue weighted by molar-refractivity contribution is 7.89. The van der Waals surface area contributed by atoms with Gasteiger partial charge < -0.3 is 9.73 Å². The zero-order chi connectivity index (χ0) is 20.1. The molecule has 7 nitrogen and oxygen atoms in total. The third-order valence-electron chi connectivity index (χ3n) is 5.03. The summed E-state index contributed by atoms with van der Waals surface area (Å²) in [6, 6.07) is 8.51. The Bertz CT molecular complexity index is 937. The Labute approximate surface area is 166 Å². The molecule has 2 aromatic rings. The first-order valence-corrected chi connectivity index (χ1v) is 11.1. The fourth-order valence-electron chi connectivity index (χ4n) is 3.16. The zero-order valence-electron chi connectivity index (χ0n) is 16.3. The molecule has 1 N–H and O–H groups in total. The first-order chi connectivity index (χ1) is 13.5. The lowest BCUT2D eigenvalue weighted by atomic mass is 10.0. The van der Waals surface area contributed by atoms with Crippen molar-refractivity contribution in [2.24, 2.45) is 5.92 Å². The van der Waals surface area contributed by atoms with Crippen molar-refractivity contribution in [1.82, 2.24) is 9.29 Å². The van der Waals surface area contributed by atoms with Crippen molar-refractivity contribution in [2.75, 3.05) is 25.0 Å². The number of piperidine rings is 1. The molecule has 3 rings (SSSR count). The number of nitrogens with zero attached hydrogens (tertiary/aromatic N) is 3. The summed E-state index contributed by atoms with van der Waals surface area (Å²) in [6.07, 6.45) is 3.77. The van der Waals surface area contributed by atoms with Crippen molar-refractivity contribution in [3.8, 4) is 17.5 Å². The van der Waals surface area contributed by atoms with Gasteiger partial charge in [-0.15, -0.1) is 0 Å². The van der Waals surface area contributed by atoms with Crippen LogP contribution in [-0.2, 0) is 10.0 Å². The molecule has 0 amide bonds. The lowest BCUT2D eigenvalue weighted by Gasteiger charge is -2.29. The fraction of sp³-hybridized carbons (Fsp3) is 0.500. The molecule has 1 aromatic heterocycles. The lowest BCUT2D eigenvalue weighted by Crippen LogP contribution is -2.37. The van der Waals surface area contributed by atoms with Gasteiger partial charge in [-0.2, -0.15) is 14.6 Å². The maximum atomic E-state index is 12.8. The van der Waals surface area contributed by atoms with Crippen LogP contribution in [0.4, 0.5) is 5.88 Å². The smallest absolute Gasteiger partial charge is 0.243 e. The fourth-order valence-corrected chi connectivity index (χ4v) is 4.63. The van der Waals surface area contributed by atoms with Gasteiger partial charge in [0.05, 0.1) is 4.90 Å². The Morgan fingerprint density at radius 2 is 1.96 bits per heavy atom. The summed E-state index contributed by atoms with van der Waals surface area (Å²) in [4.78, 5) is 4.48. The molecule has 2 heterocycles. The Morgan fingerprint density at radius 1 is 1.29 bits per heavy atom. The van der Waals surface area contributed by atoms with Crippen LogP contribution in [0.15, 0.2) is 33.6 Å². The molecular weight excluding hydrogens is 376 g/mol. The molecule has 1 fully saturated rings. The Hall–Kier alpha value is -2.37. The molecule has 1 saturated heterocycles. The van der Waals surface area contributed by atoms with E-state index in [0.29, 0.717) is 42.9 Å². The summed E-state index contributed by atoms with van der Waals surface area (Å²) >= 11 is 0. The molecule has 8 heteroatoms. The number of rotatable bonds is 7. The summed E-state index contributed by atoms with van der Waals surface area (Å²) in [6.45, 7) is 6.05. The molecule has 0 unspecified atom stereocenters. The summed E-state index contributed by atoms with van der Waals surface area (Å²) in [5.41, 5.74) is 0.830. The summed E-state index contributed by atoms with van der Waals surface area (Å²) in [5, 5.41) is 12.3. The van der Waals surface area contributed by atoms with Crippen LogP contribution in [0.2, 0.25) is 0 Å². The minimum atomic E-state index is -3.49. The number of benzene rings is 1. The predicted molar refractivity (Wildman–Crippen MR) is 107 cm³/mol. The third kappa shape index (κ3) is 4.37. The van der Waals surface area contributed by atoms with Crippen LogP contribution in [0.3, 0.4) is 0 Å². The Balaban J connectivity index is 1.78. The first-order valence-electron chi connectivity index (χ1n) is 9.71. The monoisotopic (exact) mass is 402 g/mol. The largest absolute Gasteiger partial charge is 0.419 e. The van der Waals surface area contributed by atoms with Crippen LogP contribution in [0, 0.1) is 17.2 Å². The van der Waals surface area contributed by atoms with Crippen LogP contribution in [0.1, 0.15) is 45.2 Å². The van der Waals surface area contributed by atoms with Crippen LogP contribution in [0.5, 0.6) is 0 Å². The van der Waals surface area contributed by atoms with Crippen molar-refractivity contribution in [3.05, 3.63) is 30.0 Å². The highest BCUT2D eigenvalue weighted by Crippen LogP contribution is 2.28. The molecule has 150 valence electrons. The molecule has 0 atom stereocenters. The standard InChI is InChI=1S/C20H26N4O3S/c1-3-4-11-22-20-18(14-21)23-19(27-20)16-5-7-17(8-6-16)28(25,26)24-12-9-15(2)10-13-24/h5-8,15,22H,3-4,9-13H2,1-2H3. The molecule has 1 aliphatic heterocycles. The Morgan fingerprint density at radius 3 is 2.57 bits per heavy atom. The number of nitrogens with one attached hydrogen (secondary N) is 1. The van der Waals surface area contributed by atoms with Crippen LogP contribution < -0.4 is 5.32 Å². The van der Waals surface area contributed by atoms with Crippen molar-refractivity contribution in [1.29, 1.82) is 5.26 Å².